The average Bonchev–Trinajstić information content (AvgIpc) is 2.40. The van der Waals surface area contributed by atoms with Crippen molar-refractivity contribution in [3.8, 4) is 0 Å². The second-order valence-electron chi connectivity index (χ2n) is 4.41. The van der Waals surface area contributed by atoms with E-state index in [1.165, 1.54) is 11.6 Å². The van der Waals surface area contributed by atoms with Crippen molar-refractivity contribution in [1.29, 1.82) is 0 Å². The van der Waals surface area contributed by atoms with Gasteiger partial charge in [-0.15, -0.1) is 0 Å². The van der Waals surface area contributed by atoms with Crippen molar-refractivity contribution in [3.63, 3.8) is 0 Å². The van der Waals surface area contributed by atoms with Gasteiger partial charge in [-0.05, 0) is 42.3 Å². The molecule has 0 saturated carbocycles. The summed E-state index contributed by atoms with van der Waals surface area (Å²) < 4.78 is 14.4. The molecule has 0 amide bonds. The van der Waals surface area contributed by atoms with Crippen molar-refractivity contribution >= 4 is 27.5 Å². The number of hydrogen-bond donors (Lipinski definition) is 1. The van der Waals surface area contributed by atoms with E-state index in [4.69, 9.17) is 11.6 Å². The highest BCUT2D eigenvalue weighted by atomic mass is 79.9. The van der Waals surface area contributed by atoms with Gasteiger partial charge < -0.3 is 5.32 Å². The van der Waals surface area contributed by atoms with Crippen LogP contribution >= 0.6 is 27.5 Å². The van der Waals surface area contributed by atoms with Gasteiger partial charge in [0.25, 0.3) is 0 Å². The lowest BCUT2D eigenvalue weighted by Gasteiger charge is -2.14. The molecule has 2 aromatic carbocycles. The zero-order valence-electron chi connectivity index (χ0n) is 10.5. The summed E-state index contributed by atoms with van der Waals surface area (Å²) in [5, 5.41) is 3.51. The van der Waals surface area contributed by atoms with E-state index in [1.54, 1.807) is 6.07 Å². The molecule has 1 atom stereocenters. The minimum atomic E-state index is -0.379. The lowest BCUT2D eigenvalue weighted by molar-refractivity contribution is 0.569. The van der Waals surface area contributed by atoms with Gasteiger partial charge in [0, 0.05) is 17.1 Å². The second-order valence-corrected chi connectivity index (χ2v) is 5.73. The zero-order chi connectivity index (χ0) is 13.8. The van der Waals surface area contributed by atoms with Crippen molar-refractivity contribution in [2.75, 3.05) is 0 Å². The molecule has 19 heavy (non-hydrogen) atoms. The zero-order valence-corrected chi connectivity index (χ0v) is 12.8. The Kier molecular flexibility index (Phi) is 4.97. The Labute approximate surface area is 125 Å². The first-order valence-corrected chi connectivity index (χ1v) is 7.16. The van der Waals surface area contributed by atoms with E-state index in [0.29, 0.717) is 6.54 Å². The summed E-state index contributed by atoms with van der Waals surface area (Å²) in [5.74, 6) is -0.379. The van der Waals surface area contributed by atoms with E-state index in [2.05, 4.69) is 40.3 Å². The third-order valence-electron chi connectivity index (χ3n) is 2.95. The van der Waals surface area contributed by atoms with Gasteiger partial charge in [0.2, 0.25) is 0 Å². The first-order chi connectivity index (χ1) is 9.06. The SMILES string of the molecule is C[C@@H](NCc1ccc(Cl)c(F)c1)c1cccc(Br)c1. The summed E-state index contributed by atoms with van der Waals surface area (Å²) in [6, 6.07) is 13.2. The molecule has 0 aliphatic rings. The Bertz CT molecular complexity index is 574. The standard InChI is InChI=1S/C15H14BrClFN/c1-10(12-3-2-4-13(16)8-12)19-9-11-5-6-14(17)15(18)7-11/h2-8,10,19H,9H2,1H3/t10-/m1/s1. The van der Waals surface area contributed by atoms with Crippen molar-refractivity contribution in [3.05, 3.63) is 68.9 Å². The molecule has 0 aliphatic carbocycles. The number of benzene rings is 2. The van der Waals surface area contributed by atoms with Crippen LogP contribution in [0.5, 0.6) is 0 Å². The van der Waals surface area contributed by atoms with Crippen LogP contribution in [-0.4, -0.2) is 0 Å². The third kappa shape index (κ3) is 4.03. The summed E-state index contributed by atoms with van der Waals surface area (Å²) in [4.78, 5) is 0. The largest absolute Gasteiger partial charge is 0.306 e. The number of halogens is 3. The molecule has 0 heterocycles. The minimum absolute atomic E-state index is 0.156. The van der Waals surface area contributed by atoms with Gasteiger partial charge in [0.1, 0.15) is 5.82 Å². The van der Waals surface area contributed by atoms with Crippen molar-refractivity contribution in [1.82, 2.24) is 5.32 Å². The third-order valence-corrected chi connectivity index (χ3v) is 3.74. The van der Waals surface area contributed by atoms with Crippen LogP contribution < -0.4 is 5.32 Å². The number of hydrogen-bond acceptors (Lipinski definition) is 1. The molecular weight excluding hydrogens is 329 g/mol. The minimum Gasteiger partial charge on any atom is -0.306 e. The summed E-state index contributed by atoms with van der Waals surface area (Å²) in [7, 11) is 0. The molecule has 2 aromatic rings. The van der Waals surface area contributed by atoms with Crippen LogP contribution in [0.1, 0.15) is 24.1 Å². The summed E-state index contributed by atoms with van der Waals surface area (Å²) in [5.41, 5.74) is 2.06. The maximum Gasteiger partial charge on any atom is 0.142 e. The molecule has 100 valence electrons. The lowest BCUT2D eigenvalue weighted by atomic mass is 10.1. The Morgan fingerprint density at radius 1 is 1.26 bits per heavy atom. The molecule has 0 spiro atoms. The Hall–Kier alpha value is -0.900. The maximum absolute atomic E-state index is 13.3. The summed E-state index contributed by atoms with van der Waals surface area (Å²) >= 11 is 9.11. The quantitative estimate of drug-likeness (QED) is 0.816. The van der Waals surface area contributed by atoms with Crippen molar-refractivity contribution in [2.45, 2.75) is 19.5 Å². The number of rotatable bonds is 4. The topological polar surface area (TPSA) is 12.0 Å². The first-order valence-electron chi connectivity index (χ1n) is 5.99. The van der Waals surface area contributed by atoms with E-state index in [0.717, 1.165) is 10.0 Å². The predicted molar refractivity (Wildman–Crippen MR) is 80.8 cm³/mol. The van der Waals surface area contributed by atoms with Crippen LogP contribution in [-0.2, 0) is 6.54 Å². The van der Waals surface area contributed by atoms with Gasteiger partial charge in [-0.25, -0.2) is 4.39 Å². The molecular formula is C15H14BrClFN. The molecule has 4 heteroatoms. The summed E-state index contributed by atoms with van der Waals surface area (Å²) in [6.07, 6.45) is 0. The highest BCUT2D eigenvalue weighted by Crippen LogP contribution is 2.19. The van der Waals surface area contributed by atoms with E-state index in [1.807, 2.05) is 18.2 Å². The maximum atomic E-state index is 13.3. The predicted octanol–water partition coefficient (Wildman–Crippen LogP) is 5.09. The van der Waals surface area contributed by atoms with E-state index >= 15 is 0 Å². The molecule has 1 N–H and O–H groups in total. The van der Waals surface area contributed by atoms with Crippen LogP contribution in [0.4, 0.5) is 4.39 Å². The highest BCUT2D eigenvalue weighted by Gasteiger charge is 2.06. The van der Waals surface area contributed by atoms with E-state index in [-0.39, 0.29) is 16.9 Å². The Morgan fingerprint density at radius 3 is 2.74 bits per heavy atom. The van der Waals surface area contributed by atoms with Crippen LogP contribution in [0.3, 0.4) is 0 Å². The molecule has 0 fully saturated rings. The van der Waals surface area contributed by atoms with Crippen LogP contribution in [0.15, 0.2) is 46.9 Å². The second kappa shape index (κ2) is 6.51. The fourth-order valence-corrected chi connectivity index (χ4v) is 2.35. The monoisotopic (exact) mass is 341 g/mol. The van der Waals surface area contributed by atoms with Gasteiger partial charge >= 0.3 is 0 Å². The van der Waals surface area contributed by atoms with Crippen LogP contribution in [0.2, 0.25) is 5.02 Å². The van der Waals surface area contributed by atoms with Crippen molar-refractivity contribution < 1.29 is 4.39 Å². The van der Waals surface area contributed by atoms with E-state index < -0.39 is 0 Å². The fourth-order valence-electron chi connectivity index (χ4n) is 1.81. The molecule has 0 aromatic heterocycles. The molecule has 0 aliphatic heterocycles. The first kappa shape index (κ1) is 14.5. The highest BCUT2D eigenvalue weighted by molar-refractivity contribution is 9.10. The molecule has 2 rings (SSSR count). The van der Waals surface area contributed by atoms with Gasteiger partial charge in [-0.2, -0.15) is 0 Å². The normalized spacial score (nSPS) is 12.4. The van der Waals surface area contributed by atoms with Gasteiger partial charge in [0.05, 0.1) is 5.02 Å². The molecule has 0 bridgehead atoms. The van der Waals surface area contributed by atoms with Crippen LogP contribution in [0.25, 0.3) is 0 Å². The smallest absolute Gasteiger partial charge is 0.142 e. The van der Waals surface area contributed by atoms with Crippen molar-refractivity contribution in [2.24, 2.45) is 0 Å². The lowest BCUT2D eigenvalue weighted by Crippen LogP contribution is -2.18. The average molecular weight is 343 g/mol. The number of nitrogens with one attached hydrogen (secondary N) is 1. The summed E-state index contributed by atoms with van der Waals surface area (Å²) in [6.45, 7) is 2.68. The fraction of sp³-hybridized carbons (Fsp3) is 0.200. The van der Waals surface area contributed by atoms with Gasteiger partial charge in [0.15, 0.2) is 0 Å². The molecule has 0 unspecified atom stereocenters. The van der Waals surface area contributed by atoms with Gasteiger partial charge in [-0.1, -0.05) is 45.7 Å². The van der Waals surface area contributed by atoms with Gasteiger partial charge in [-0.3, -0.25) is 0 Å². The Morgan fingerprint density at radius 2 is 2.05 bits per heavy atom. The molecule has 0 radical (unpaired) electrons. The molecule has 0 saturated heterocycles. The Balaban J connectivity index is 2.00. The van der Waals surface area contributed by atoms with Crippen LogP contribution in [0, 0.1) is 5.82 Å². The molecule has 1 nitrogen and oxygen atoms in total. The van der Waals surface area contributed by atoms with E-state index in [9.17, 15) is 4.39 Å².